The molecule has 0 radical (unpaired) electrons. The quantitative estimate of drug-likeness (QED) is 0.785. The SMILES string of the molecule is CC(C)N1CCC2(CC1)CN(C1CCN(C(C)C)C1)C2. The summed E-state index contributed by atoms with van der Waals surface area (Å²) in [6.07, 6.45) is 4.26. The van der Waals surface area contributed by atoms with E-state index in [1.54, 1.807) is 0 Å². The Morgan fingerprint density at radius 1 is 0.850 bits per heavy atom. The molecule has 116 valence electrons. The van der Waals surface area contributed by atoms with Crippen molar-refractivity contribution in [3.8, 4) is 0 Å². The van der Waals surface area contributed by atoms with Crippen molar-refractivity contribution in [3.05, 3.63) is 0 Å². The van der Waals surface area contributed by atoms with Crippen LogP contribution < -0.4 is 0 Å². The van der Waals surface area contributed by atoms with Gasteiger partial charge in [0.1, 0.15) is 0 Å². The Hall–Kier alpha value is -0.120. The number of rotatable bonds is 3. The Bertz CT molecular complexity index is 323. The largest absolute Gasteiger partial charge is 0.301 e. The lowest BCUT2D eigenvalue weighted by atomic mass is 9.71. The minimum Gasteiger partial charge on any atom is -0.301 e. The highest BCUT2D eigenvalue weighted by molar-refractivity contribution is 5.02. The first-order valence-corrected chi connectivity index (χ1v) is 8.71. The number of hydrogen-bond acceptors (Lipinski definition) is 3. The van der Waals surface area contributed by atoms with Crippen LogP contribution in [0.4, 0.5) is 0 Å². The summed E-state index contributed by atoms with van der Waals surface area (Å²) in [5.74, 6) is 0. The van der Waals surface area contributed by atoms with Crippen LogP contribution in [0.2, 0.25) is 0 Å². The van der Waals surface area contributed by atoms with E-state index in [1.807, 2.05) is 0 Å². The highest BCUT2D eigenvalue weighted by Crippen LogP contribution is 2.42. The van der Waals surface area contributed by atoms with E-state index in [-0.39, 0.29) is 0 Å². The molecule has 0 aromatic heterocycles. The van der Waals surface area contributed by atoms with Gasteiger partial charge in [0.05, 0.1) is 0 Å². The van der Waals surface area contributed by atoms with E-state index in [9.17, 15) is 0 Å². The minimum atomic E-state index is 0.691. The van der Waals surface area contributed by atoms with E-state index in [2.05, 4.69) is 42.4 Å². The van der Waals surface area contributed by atoms with E-state index in [4.69, 9.17) is 0 Å². The Balaban J connectivity index is 1.45. The molecule has 0 aromatic carbocycles. The first kappa shape index (κ1) is 14.8. The van der Waals surface area contributed by atoms with E-state index in [0.717, 1.165) is 18.1 Å². The summed E-state index contributed by atoms with van der Waals surface area (Å²) in [4.78, 5) is 8.09. The first-order chi connectivity index (χ1) is 9.49. The topological polar surface area (TPSA) is 9.72 Å². The van der Waals surface area contributed by atoms with Crippen LogP contribution in [-0.4, -0.2) is 72.1 Å². The normalized spacial score (nSPS) is 32.4. The molecule has 0 saturated carbocycles. The van der Waals surface area contributed by atoms with Crippen LogP contribution in [0, 0.1) is 5.41 Å². The van der Waals surface area contributed by atoms with Gasteiger partial charge in [0.2, 0.25) is 0 Å². The molecule has 0 bridgehead atoms. The second-order valence-corrected chi connectivity index (χ2v) is 8.07. The summed E-state index contributed by atoms with van der Waals surface area (Å²) in [7, 11) is 0. The minimum absolute atomic E-state index is 0.691. The summed E-state index contributed by atoms with van der Waals surface area (Å²) < 4.78 is 0. The molecule has 20 heavy (non-hydrogen) atoms. The van der Waals surface area contributed by atoms with Gasteiger partial charge in [-0.25, -0.2) is 0 Å². The molecule has 1 spiro atoms. The highest BCUT2D eigenvalue weighted by atomic mass is 15.3. The van der Waals surface area contributed by atoms with Crippen molar-refractivity contribution in [2.75, 3.05) is 39.3 Å². The number of nitrogens with zero attached hydrogens (tertiary/aromatic N) is 3. The van der Waals surface area contributed by atoms with E-state index in [1.165, 1.54) is 58.5 Å². The third kappa shape index (κ3) is 2.77. The molecule has 3 saturated heterocycles. The standard InChI is InChI=1S/C17H33N3/c1-14(2)18-9-6-17(7-10-18)12-20(13-17)16-5-8-19(11-16)15(3)4/h14-16H,5-13H2,1-4H3. The van der Waals surface area contributed by atoms with Gasteiger partial charge >= 0.3 is 0 Å². The molecule has 3 aliphatic rings. The predicted octanol–water partition coefficient (Wildman–Crippen LogP) is 2.28. The van der Waals surface area contributed by atoms with Gasteiger partial charge in [0.25, 0.3) is 0 Å². The average molecular weight is 279 g/mol. The number of piperidine rings is 1. The Morgan fingerprint density at radius 3 is 1.95 bits per heavy atom. The van der Waals surface area contributed by atoms with Crippen molar-refractivity contribution >= 4 is 0 Å². The van der Waals surface area contributed by atoms with Crippen molar-refractivity contribution in [2.24, 2.45) is 5.41 Å². The van der Waals surface area contributed by atoms with Gasteiger partial charge in [-0.05, 0) is 65.5 Å². The third-order valence-electron chi connectivity index (χ3n) is 6.11. The highest BCUT2D eigenvalue weighted by Gasteiger charge is 2.47. The third-order valence-corrected chi connectivity index (χ3v) is 6.11. The van der Waals surface area contributed by atoms with Gasteiger partial charge in [-0.15, -0.1) is 0 Å². The van der Waals surface area contributed by atoms with Crippen molar-refractivity contribution in [1.82, 2.24) is 14.7 Å². The summed E-state index contributed by atoms with van der Waals surface area (Å²) in [5.41, 5.74) is 0.691. The van der Waals surface area contributed by atoms with Gasteiger partial charge in [0, 0.05) is 44.3 Å². The Labute approximate surface area is 125 Å². The van der Waals surface area contributed by atoms with Gasteiger partial charge in [0.15, 0.2) is 0 Å². The maximum absolute atomic E-state index is 2.79. The zero-order valence-corrected chi connectivity index (χ0v) is 13.9. The molecule has 3 aliphatic heterocycles. The zero-order chi connectivity index (χ0) is 14.3. The van der Waals surface area contributed by atoms with Crippen LogP contribution in [0.15, 0.2) is 0 Å². The molecule has 3 heteroatoms. The van der Waals surface area contributed by atoms with Gasteiger partial charge in [-0.3, -0.25) is 9.80 Å². The second-order valence-electron chi connectivity index (χ2n) is 8.07. The molecule has 3 fully saturated rings. The van der Waals surface area contributed by atoms with Crippen molar-refractivity contribution < 1.29 is 0 Å². The molecule has 0 amide bonds. The molecule has 3 rings (SSSR count). The van der Waals surface area contributed by atoms with E-state index in [0.29, 0.717) is 5.41 Å². The van der Waals surface area contributed by atoms with Crippen LogP contribution in [0.25, 0.3) is 0 Å². The maximum atomic E-state index is 2.79. The smallest absolute Gasteiger partial charge is 0.0235 e. The molecule has 1 atom stereocenters. The molecule has 3 heterocycles. The number of likely N-dealkylation sites (tertiary alicyclic amines) is 3. The fourth-order valence-corrected chi connectivity index (χ4v) is 4.44. The fraction of sp³-hybridized carbons (Fsp3) is 1.00. The lowest BCUT2D eigenvalue weighted by Crippen LogP contribution is -2.63. The molecule has 0 aliphatic carbocycles. The summed E-state index contributed by atoms with van der Waals surface area (Å²) in [5, 5.41) is 0. The second kappa shape index (κ2) is 5.58. The number of hydrogen-bond donors (Lipinski definition) is 0. The molecule has 0 N–H and O–H groups in total. The lowest BCUT2D eigenvalue weighted by Gasteiger charge is -2.56. The van der Waals surface area contributed by atoms with Gasteiger partial charge < -0.3 is 4.90 Å². The van der Waals surface area contributed by atoms with Crippen LogP contribution in [0.1, 0.15) is 47.0 Å². The fourth-order valence-electron chi connectivity index (χ4n) is 4.44. The van der Waals surface area contributed by atoms with Crippen LogP contribution >= 0.6 is 0 Å². The van der Waals surface area contributed by atoms with Crippen molar-refractivity contribution in [3.63, 3.8) is 0 Å². The summed E-state index contributed by atoms with van der Waals surface area (Å²) in [6, 6.07) is 2.31. The Kier molecular flexibility index (Phi) is 4.13. The van der Waals surface area contributed by atoms with Crippen molar-refractivity contribution in [2.45, 2.75) is 65.1 Å². The Morgan fingerprint density at radius 2 is 1.45 bits per heavy atom. The maximum Gasteiger partial charge on any atom is 0.0235 e. The molecule has 0 aromatic rings. The lowest BCUT2D eigenvalue weighted by molar-refractivity contribution is -0.0710. The van der Waals surface area contributed by atoms with Crippen LogP contribution in [-0.2, 0) is 0 Å². The van der Waals surface area contributed by atoms with Crippen molar-refractivity contribution in [1.29, 1.82) is 0 Å². The first-order valence-electron chi connectivity index (χ1n) is 8.71. The van der Waals surface area contributed by atoms with Crippen LogP contribution in [0.5, 0.6) is 0 Å². The van der Waals surface area contributed by atoms with E-state index >= 15 is 0 Å². The molecule has 3 nitrogen and oxygen atoms in total. The average Bonchev–Trinajstić information content (AvgIpc) is 2.85. The molecular formula is C17H33N3. The predicted molar refractivity (Wildman–Crippen MR) is 85.1 cm³/mol. The van der Waals surface area contributed by atoms with Crippen LogP contribution in [0.3, 0.4) is 0 Å². The zero-order valence-electron chi connectivity index (χ0n) is 13.9. The van der Waals surface area contributed by atoms with E-state index < -0.39 is 0 Å². The summed E-state index contributed by atoms with van der Waals surface area (Å²) >= 11 is 0. The summed E-state index contributed by atoms with van der Waals surface area (Å²) in [6.45, 7) is 17.4. The molecule has 1 unspecified atom stereocenters. The van der Waals surface area contributed by atoms with Gasteiger partial charge in [-0.2, -0.15) is 0 Å². The molecular weight excluding hydrogens is 246 g/mol. The van der Waals surface area contributed by atoms with Gasteiger partial charge in [-0.1, -0.05) is 0 Å². The monoisotopic (exact) mass is 279 g/mol.